The molecule has 1 unspecified atom stereocenters. The summed E-state index contributed by atoms with van der Waals surface area (Å²) in [5.74, 6) is 0.798. The van der Waals surface area contributed by atoms with Crippen molar-refractivity contribution in [1.82, 2.24) is 4.98 Å². The molecule has 0 radical (unpaired) electrons. The van der Waals surface area contributed by atoms with Gasteiger partial charge in [-0.3, -0.25) is 4.98 Å². The fourth-order valence-corrected chi connectivity index (χ4v) is 1.55. The van der Waals surface area contributed by atoms with Crippen molar-refractivity contribution in [3.05, 3.63) is 24.5 Å². The maximum atomic E-state index is 5.96. The van der Waals surface area contributed by atoms with Crippen LogP contribution in [0.15, 0.2) is 24.5 Å². The number of unbranched alkanes of at least 4 members (excludes halogenated alkanes) is 3. The summed E-state index contributed by atoms with van der Waals surface area (Å²) in [5.41, 5.74) is 5.96. The fourth-order valence-electron chi connectivity index (χ4n) is 1.55. The fraction of sp³-hybridized carbons (Fsp3) is 0.615. The van der Waals surface area contributed by atoms with Crippen LogP contribution in [0.5, 0.6) is 5.75 Å². The highest BCUT2D eigenvalue weighted by Crippen LogP contribution is 2.08. The lowest BCUT2D eigenvalue weighted by Crippen LogP contribution is -2.27. The first-order valence-electron chi connectivity index (χ1n) is 6.11. The van der Waals surface area contributed by atoms with Gasteiger partial charge in [0.15, 0.2) is 0 Å². The minimum absolute atomic E-state index is 0.136. The predicted molar refractivity (Wildman–Crippen MR) is 66.5 cm³/mol. The minimum Gasteiger partial charge on any atom is -0.490 e. The Balaban J connectivity index is 2.08. The van der Waals surface area contributed by atoms with Gasteiger partial charge < -0.3 is 10.5 Å². The first-order chi connectivity index (χ1) is 7.83. The van der Waals surface area contributed by atoms with E-state index in [1.54, 1.807) is 12.4 Å². The van der Waals surface area contributed by atoms with Crippen molar-refractivity contribution in [2.75, 3.05) is 6.61 Å². The van der Waals surface area contributed by atoms with Crippen LogP contribution in [-0.4, -0.2) is 17.6 Å². The number of rotatable bonds is 8. The molecule has 1 heterocycles. The molecule has 0 aliphatic heterocycles. The van der Waals surface area contributed by atoms with Crippen LogP contribution in [0.3, 0.4) is 0 Å². The summed E-state index contributed by atoms with van der Waals surface area (Å²) in [5, 5.41) is 0. The van der Waals surface area contributed by atoms with Gasteiger partial charge in [-0.15, -0.1) is 0 Å². The second-order valence-electron chi connectivity index (χ2n) is 4.11. The van der Waals surface area contributed by atoms with Crippen molar-refractivity contribution in [2.24, 2.45) is 5.73 Å². The Morgan fingerprint density at radius 3 is 2.94 bits per heavy atom. The average molecular weight is 222 g/mol. The summed E-state index contributed by atoms with van der Waals surface area (Å²) >= 11 is 0. The molecular weight excluding hydrogens is 200 g/mol. The highest BCUT2D eigenvalue weighted by molar-refractivity contribution is 5.15. The molecule has 0 saturated heterocycles. The lowest BCUT2D eigenvalue weighted by Gasteiger charge is -2.12. The lowest BCUT2D eigenvalue weighted by molar-refractivity contribution is 0.278. The number of hydrogen-bond acceptors (Lipinski definition) is 3. The molecule has 0 aliphatic rings. The maximum absolute atomic E-state index is 5.96. The molecule has 3 heteroatoms. The molecule has 0 spiro atoms. The Labute approximate surface area is 98.0 Å². The van der Waals surface area contributed by atoms with Gasteiger partial charge in [-0.1, -0.05) is 32.6 Å². The third-order valence-electron chi connectivity index (χ3n) is 2.53. The molecule has 90 valence electrons. The quantitative estimate of drug-likeness (QED) is 0.688. The van der Waals surface area contributed by atoms with Gasteiger partial charge in [-0.2, -0.15) is 0 Å². The molecule has 2 N–H and O–H groups in total. The van der Waals surface area contributed by atoms with Crippen LogP contribution >= 0.6 is 0 Å². The molecule has 0 amide bonds. The Kier molecular flexibility index (Phi) is 6.58. The molecular formula is C13H22N2O. The Morgan fingerprint density at radius 2 is 2.25 bits per heavy atom. The van der Waals surface area contributed by atoms with Gasteiger partial charge in [0.2, 0.25) is 0 Å². The summed E-state index contributed by atoms with van der Waals surface area (Å²) in [6, 6.07) is 3.90. The van der Waals surface area contributed by atoms with Crippen LogP contribution in [0.2, 0.25) is 0 Å². The van der Waals surface area contributed by atoms with Crippen LogP contribution in [-0.2, 0) is 0 Å². The zero-order valence-corrected chi connectivity index (χ0v) is 10.1. The molecule has 1 aromatic rings. The summed E-state index contributed by atoms with van der Waals surface area (Å²) in [6.45, 7) is 2.79. The first kappa shape index (κ1) is 13.0. The molecule has 16 heavy (non-hydrogen) atoms. The molecule has 0 fully saturated rings. The Bertz CT molecular complexity index is 264. The third kappa shape index (κ3) is 5.71. The predicted octanol–water partition coefficient (Wildman–Crippen LogP) is 2.76. The van der Waals surface area contributed by atoms with Crippen molar-refractivity contribution >= 4 is 0 Å². The third-order valence-corrected chi connectivity index (χ3v) is 2.53. The molecule has 0 aromatic carbocycles. The zero-order valence-electron chi connectivity index (χ0n) is 10.1. The standard InChI is InChI=1S/C13H22N2O/c1-2-3-4-5-7-12(14)11-16-13-8-6-9-15-10-13/h6,8-10,12H,2-5,7,11,14H2,1H3. The molecule has 0 aliphatic carbocycles. The van der Waals surface area contributed by atoms with Gasteiger partial charge in [0.1, 0.15) is 12.4 Å². The molecule has 1 aromatic heterocycles. The number of nitrogens with zero attached hydrogens (tertiary/aromatic N) is 1. The Hall–Kier alpha value is -1.09. The molecule has 0 saturated carbocycles. The van der Waals surface area contributed by atoms with E-state index in [2.05, 4.69) is 11.9 Å². The van der Waals surface area contributed by atoms with Crippen molar-refractivity contribution in [3.63, 3.8) is 0 Å². The van der Waals surface area contributed by atoms with E-state index in [4.69, 9.17) is 10.5 Å². The number of aromatic nitrogens is 1. The SMILES string of the molecule is CCCCCCC(N)COc1cccnc1. The first-order valence-corrected chi connectivity index (χ1v) is 6.11. The average Bonchev–Trinajstić information content (AvgIpc) is 2.33. The number of nitrogens with two attached hydrogens (primary N) is 1. The lowest BCUT2D eigenvalue weighted by atomic mass is 10.1. The summed E-state index contributed by atoms with van der Waals surface area (Å²) in [7, 11) is 0. The van der Waals surface area contributed by atoms with Gasteiger partial charge in [0.25, 0.3) is 0 Å². The van der Waals surface area contributed by atoms with Crippen LogP contribution in [0.25, 0.3) is 0 Å². The van der Waals surface area contributed by atoms with E-state index in [1.807, 2.05) is 12.1 Å². The second kappa shape index (κ2) is 8.11. The minimum atomic E-state index is 0.136. The topological polar surface area (TPSA) is 48.1 Å². The molecule has 1 rings (SSSR count). The van der Waals surface area contributed by atoms with Gasteiger partial charge in [-0.05, 0) is 18.6 Å². The highest BCUT2D eigenvalue weighted by Gasteiger charge is 2.03. The second-order valence-corrected chi connectivity index (χ2v) is 4.11. The van der Waals surface area contributed by atoms with E-state index in [0.717, 1.165) is 12.2 Å². The summed E-state index contributed by atoms with van der Waals surface area (Å²) < 4.78 is 5.54. The van der Waals surface area contributed by atoms with E-state index < -0.39 is 0 Å². The van der Waals surface area contributed by atoms with Crippen molar-refractivity contribution in [2.45, 2.75) is 45.1 Å². The zero-order chi connectivity index (χ0) is 11.6. The Morgan fingerprint density at radius 1 is 1.38 bits per heavy atom. The molecule has 0 bridgehead atoms. The van der Waals surface area contributed by atoms with E-state index in [-0.39, 0.29) is 6.04 Å². The van der Waals surface area contributed by atoms with Crippen molar-refractivity contribution in [1.29, 1.82) is 0 Å². The number of ether oxygens (including phenoxy) is 1. The van der Waals surface area contributed by atoms with Crippen LogP contribution < -0.4 is 10.5 Å². The molecule has 1 atom stereocenters. The largest absolute Gasteiger partial charge is 0.490 e. The summed E-state index contributed by atoms with van der Waals surface area (Å²) in [6.07, 6.45) is 9.53. The summed E-state index contributed by atoms with van der Waals surface area (Å²) in [4.78, 5) is 3.98. The van der Waals surface area contributed by atoms with E-state index in [0.29, 0.717) is 6.61 Å². The van der Waals surface area contributed by atoms with Crippen LogP contribution in [0.1, 0.15) is 39.0 Å². The monoisotopic (exact) mass is 222 g/mol. The smallest absolute Gasteiger partial charge is 0.137 e. The van der Waals surface area contributed by atoms with E-state index >= 15 is 0 Å². The van der Waals surface area contributed by atoms with Crippen molar-refractivity contribution in [3.8, 4) is 5.75 Å². The van der Waals surface area contributed by atoms with Gasteiger partial charge in [0, 0.05) is 12.2 Å². The van der Waals surface area contributed by atoms with Crippen molar-refractivity contribution < 1.29 is 4.74 Å². The highest BCUT2D eigenvalue weighted by atomic mass is 16.5. The van der Waals surface area contributed by atoms with E-state index in [1.165, 1.54) is 25.7 Å². The normalized spacial score (nSPS) is 12.4. The number of pyridine rings is 1. The maximum Gasteiger partial charge on any atom is 0.137 e. The number of hydrogen-bond donors (Lipinski definition) is 1. The van der Waals surface area contributed by atoms with Crippen LogP contribution in [0, 0.1) is 0 Å². The van der Waals surface area contributed by atoms with E-state index in [9.17, 15) is 0 Å². The van der Waals surface area contributed by atoms with Gasteiger partial charge in [-0.25, -0.2) is 0 Å². The van der Waals surface area contributed by atoms with Crippen LogP contribution in [0.4, 0.5) is 0 Å². The molecule has 3 nitrogen and oxygen atoms in total. The van der Waals surface area contributed by atoms with Gasteiger partial charge in [0.05, 0.1) is 6.20 Å². The van der Waals surface area contributed by atoms with Gasteiger partial charge >= 0.3 is 0 Å².